The molecule has 2 unspecified atom stereocenters. The number of amides is 2. The van der Waals surface area contributed by atoms with Crippen LogP contribution in [0.25, 0.3) is 0 Å². The summed E-state index contributed by atoms with van der Waals surface area (Å²) in [6.07, 6.45) is 9.79. The molecule has 1 heterocycles. The summed E-state index contributed by atoms with van der Waals surface area (Å²) in [5.41, 5.74) is 2.51. The second kappa shape index (κ2) is 9.38. The highest BCUT2D eigenvalue weighted by Gasteiger charge is 2.65. The molecule has 198 valence electrons. The first-order valence-corrected chi connectivity index (χ1v) is 14.0. The second-order valence-corrected chi connectivity index (χ2v) is 13.5. The number of nitrogens with zero attached hydrogens (tertiary/aromatic N) is 1. The van der Waals surface area contributed by atoms with Gasteiger partial charge in [-0.3, -0.25) is 9.69 Å². The van der Waals surface area contributed by atoms with Crippen LogP contribution in [0.2, 0.25) is 5.02 Å². The maximum Gasteiger partial charge on any atom is 0.322 e. The second-order valence-electron chi connectivity index (χ2n) is 13.1. The number of nitrogens with one attached hydrogen (secondary N) is 1. The van der Waals surface area contributed by atoms with Gasteiger partial charge in [-0.2, -0.15) is 0 Å². The zero-order valence-electron chi connectivity index (χ0n) is 22.8. The van der Waals surface area contributed by atoms with Crippen LogP contribution in [-0.2, 0) is 16.8 Å². The molecule has 2 fully saturated rings. The number of hydrogen-bond donors (Lipinski definition) is 2. The molecule has 1 aromatic rings. The van der Waals surface area contributed by atoms with E-state index in [2.05, 4.69) is 65.2 Å². The number of fused-ring (bicyclic) bond motifs is 1. The number of carbonyl (C=O) groups is 2. The Morgan fingerprint density at radius 1 is 1.19 bits per heavy atom. The fourth-order valence-electron chi connectivity index (χ4n) is 7.09. The molecule has 3 atom stereocenters. The monoisotopic (exact) mass is 514 g/mol. The number of rotatable bonds is 8. The standard InChI is InChI=1S/C30H43ClN2O3/c1-20(2)23-19-33(30-13-7-12-29(30,16-17-30)15-11-25(34)35)26(36)32-28(23,6)22-9-8-21(24(31)18-22)10-14-27(3,4)5/h8-9,18-20H,7,10-17H2,1-6H3,(H,32,36)(H,34,35)/t28-,29?,30?/m0/s1. The fraction of sp³-hybridized carbons (Fsp3) is 0.667. The summed E-state index contributed by atoms with van der Waals surface area (Å²) in [6, 6.07) is 6.17. The Labute approximate surface area is 221 Å². The van der Waals surface area contributed by atoms with Crippen molar-refractivity contribution in [3.8, 4) is 0 Å². The quantitative estimate of drug-likeness (QED) is 0.374. The molecule has 0 aromatic heterocycles. The number of carboxylic acid groups (broad SMARTS) is 1. The summed E-state index contributed by atoms with van der Waals surface area (Å²) in [7, 11) is 0. The minimum Gasteiger partial charge on any atom is -0.481 e. The van der Waals surface area contributed by atoms with Crippen molar-refractivity contribution in [2.45, 2.75) is 110 Å². The molecule has 3 aliphatic rings. The first-order valence-electron chi connectivity index (χ1n) is 13.6. The van der Waals surface area contributed by atoms with Crippen LogP contribution < -0.4 is 5.32 Å². The van der Waals surface area contributed by atoms with Crippen LogP contribution in [0.3, 0.4) is 0 Å². The Bertz CT molecular complexity index is 1070. The topological polar surface area (TPSA) is 69.6 Å². The number of benzene rings is 1. The molecule has 36 heavy (non-hydrogen) atoms. The predicted molar refractivity (Wildman–Crippen MR) is 145 cm³/mol. The number of hydrogen-bond acceptors (Lipinski definition) is 2. The Hall–Kier alpha value is -2.01. The van der Waals surface area contributed by atoms with Gasteiger partial charge >= 0.3 is 12.0 Å². The van der Waals surface area contributed by atoms with Gasteiger partial charge in [0.2, 0.25) is 0 Å². The maximum absolute atomic E-state index is 13.8. The number of aliphatic carboxylic acids is 1. The molecular formula is C30H43ClN2O3. The molecule has 4 rings (SSSR count). The van der Waals surface area contributed by atoms with E-state index in [0.29, 0.717) is 6.42 Å². The Morgan fingerprint density at radius 3 is 2.47 bits per heavy atom. The van der Waals surface area contributed by atoms with E-state index >= 15 is 0 Å². The normalized spacial score (nSPS) is 30.1. The minimum absolute atomic E-state index is 0.0869. The molecule has 0 bridgehead atoms. The third kappa shape index (κ3) is 4.57. The molecule has 0 saturated heterocycles. The summed E-state index contributed by atoms with van der Waals surface area (Å²) >= 11 is 6.77. The van der Waals surface area contributed by atoms with E-state index in [9.17, 15) is 14.7 Å². The van der Waals surface area contributed by atoms with Crippen molar-refractivity contribution in [1.82, 2.24) is 10.2 Å². The van der Waals surface area contributed by atoms with Crippen molar-refractivity contribution >= 4 is 23.6 Å². The van der Waals surface area contributed by atoms with Crippen LogP contribution in [0, 0.1) is 16.7 Å². The lowest BCUT2D eigenvalue weighted by Gasteiger charge is -2.61. The van der Waals surface area contributed by atoms with E-state index in [1.54, 1.807) is 0 Å². The molecule has 6 heteroatoms. The van der Waals surface area contributed by atoms with Gasteiger partial charge in [-0.1, -0.05) is 64.8 Å². The highest BCUT2D eigenvalue weighted by molar-refractivity contribution is 6.31. The molecule has 2 aliphatic carbocycles. The van der Waals surface area contributed by atoms with Crippen molar-refractivity contribution in [2.75, 3.05) is 0 Å². The van der Waals surface area contributed by atoms with Crippen molar-refractivity contribution in [2.24, 2.45) is 16.7 Å². The van der Waals surface area contributed by atoms with E-state index < -0.39 is 11.5 Å². The van der Waals surface area contributed by atoms with Crippen LogP contribution >= 0.6 is 11.6 Å². The Morgan fingerprint density at radius 2 is 1.92 bits per heavy atom. The number of urea groups is 1. The van der Waals surface area contributed by atoms with E-state index in [-0.39, 0.29) is 34.7 Å². The fourth-order valence-corrected chi connectivity index (χ4v) is 7.36. The van der Waals surface area contributed by atoms with Gasteiger partial charge in [-0.25, -0.2) is 4.79 Å². The Balaban J connectivity index is 1.67. The van der Waals surface area contributed by atoms with Crippen LogP contribution in [0.15, 0.2) is 30.0 Å². The third-order valence-electron chi connectivity index (χ3n) is 9.35. The van der Waals surface area contributed by atoms with E-state index in [4.69, 9.17) is 11.6 Å². The average molecular weight is 515 g/mol. The number of halogens is 1. The smallest absolute Gasteiger partial charge is 0.322 e. The first-order chi connectivity index (χ1) is 16.7. The highest BCUT2D eigenvalue weighted by atomic mass is 35.5. The van der Waals surface area contributed by atoms with Crippen LogP contribution in [-0.4, -0.2) is 27.5 Å². The molecule has 2 N–H and O–H groups in total. The van der Waals surface area contributed by atoms with Gasteiger partial charge in [0.05, 0.1) is 11.1 Å². The largest absolute Gasteiger partial charge is 0.481 e. The van der Waals surface area contributed by atoms with Crippen molar-refractivity contribution in [3.05, 3.63) is 46.1 Å². The molecule has 1 aromatic carbocycles. The minimum atomic E-state index is -0.756. The maximum atomic E-state index is 13.8. The summed E-state index contributed by atoms with van der Waals surface area (Å²) in [6.45, 7) is 13.1. The Kier molecular flexibility index (Phi) is 7.05. The summed E-state index contributed by atoms with van der Waals surface area (Å²) in [5.74, 6) is -0.544. The van der Waals surface area contributed by atoms with Gasteiger partial charge in [-0.15, -0.1) is 0 Å². The summed E-state index contributed by atoms with van der Waals surface area (Å²) < 4.78 is 0. The number of aryl methyl sites for hydroxylation is 1. The molecule has 5 nitrogen and oxygen atoms in total. The molecule has 2 saturated carbocycles. The van der Waals surface area contributed by atoms with Gasteiger partial charge in [0.15, 0.2) is 0 Å². The number of carboxylic acids is 1. The van der Waals surface area contributed by atoms with Crippen LogP contribution in [0.1, 0.15) is 104 Å². The molecule has 1 aliphatic heterocycles. The third-order valence-corrected chi connectivity index (χ3v) is 9.70. The van der Waals surface area contributed by atoms with Gasteiger partial charge < -0.3 is 10.4 Å². The predicted octanol–water partition coefficient (Wildman–Crippen LogP) is 7.67. The van der Waals surface area contributed by atoms with Gasteiger partial charge in [0.1, 0.15) is 0 Å². The van der Waals surface area contributed by atoms with Gasteiger partial charge in [0, 0.05) is 17.6 Å². The van der Waals surface area contributed by atoms with Crippen LogP contribution in [0.5, 0.6) is 0 Å². The molecule has 2 amide bonds. The average Bonchev–Trinajstić information content (AvgIpc) is 3.01. The molecule has 0 radical (unpaired) electrons. The van der Waals surface area contributed by atoms with E-state index in [1.165, 1.54) is 0 Å². The van der Waals surface area contributed by atoms with Crippen molar-refractivity contribution in [1.29, 1.82) is 0 Å². The lowest BCUT2D eigenvalue weighted by atomic mass is 9.53. The van der Waals surface area contributed by atoms with Gasteiger partial charge in [-0.05, 0) is 91.4 Å². The van der Waals surface area contributed by atoms with Gasteiger partial charge in [0.25, 0.3) is 0 Å². The van der Waals surface area contributed by atoms with Crippen molar-refractivity contribution in [3.63, 3.8) is 0 Å². The zero-order valence-corrected chi connectivity index (χ0v) is 23.6. The SMILES string of the molecule is CC(C)C1=CN(C23CCCC2(CCC(=O)O)CC3)C(=O)N[C@@]1(C)c1ccc(CCC(C)(C)C)c(Cl)c1. The zero-order chi connectivity index (χ0) is 26.5. The number of carbonyl (C=O) groups excluding carboxylic acids is 1. The lowest BCUT2D eigenvalue weighted by Crippen LogP contribution is -2.68. The first kappa shape index (κ1) is 27.0. The molecular weight excluding hydrogens is 472 g/mol. The van der Waals surface area contributed by atoms with Crippen molar-refractivity contribution < 1.29 is 14.7 Å². The molecule has 0 spiro atoms. The van der Waals surface area contributed by atoms with E-state index in [0.717, 1.165) is 66.7 Å². The van der Waals surface area contributed by atoms with E-state index in [1.807, 2.05) is 11.0 Å². The highest BCUT2D eigenvalue weighted by Crippen LogP contribution is 2.66. The lowest BCUT2D eigenvalue weighted by molar-refractivity contribution is -0.139. The summed E-state index contributed by atoms with van der Waals surface area (Å²) in [5, 5.41) is 13.5. The van der Waals surface area contributed by atoms with Crippen LogP contribution in [0.4, 0.5) is 4.79 Å². The summed E-state index contributed by atoms with van der Waals surface area (Å²) in [4.78, 5) is 27.1.